The van der Waals surface area contributed by atoms with E-state index in [2.05, 4.69) is 23.5 Å². The largest absolute Gasteiger partial charge is 0.494 e. The molecule has 8 heteroatoms. The van der Waals surface area contributed by atoms with Crippen molar-refractivity contribution >= 4 is 32.4 Å². The van der Waals surface area contributed by atoms with Crippen LogP contribution in [0.25, 0.3) is 10.9 Å². The Kier molecular flexibility index (Phi) is 10.8. The molecule has 208 valence electrons. The molecule has 0 aliphatic carbocycles. The van der Waals surface area contributed by atoms with E-state index in [1.165, 1.54) is 25.7 Å². The van der Waals surface area contributed by atoms with Gasteiger partial charge in [-0.15, -0.1) is 0 Å². The summed E-state index contributed by atoms with van der Waals surface area (Å²) in [5.41, 5.74) is 3.16. The van der Waals surface area contributed by atoms with Crippen molar-refractivity contribution in [2.45, 2.75) is 59.3 Å². The van der Waals surface area contributed by atoms with Gasteiger partial charge >= 0.3 is 0 Å². The molecular formula is C30H43N3O4S. The second kappa shape index (κ2) is 13.8. The minimum Gasteiger partial charge on any atom is -0.494 e. The van der Waals surface area contributed by atoms with E-state index in [1.54, 1.807) is 24.3 Å². The molecule has 1 heterocycles. The molecule has 0 bridgehead atoms. The standard InChI is InChI=1S/C30H43N3O4S/c1-6-9-19-33(20-10-7-2)21-12-22-37-24-17-15-23(16-18-24)30(34)29-26(8-3)32(4)27-14-11-13-25(28(27)29)31-38(5,35)36/h11,13-18,31H,6-10,12,19-22H2,1-5H3. The average molecular weight is 542 g/mol. The van der Waals surface area contributed by atoms with Crippen LogP contribution in [-0.4, -0.2) is 56.2 Å². The molecule has 0 radical (unpaired) electrons. The molecule has 0 spiro atoms. The first-order valence-electron chi connectivity index (χ1n) is 13.8. The Morgan fingerprint density at radius 2 is 1.58 bits per heavy atom. The molecule has 0 aliphatic rings. The number of nitrogens with zero attached hydrogens (tertiary/aromatic N) is 2. The number of anilines is 1. The fraction of sp³-hybridized carbons (Fsp3) is 0.500. The summed E-state index contributed by atoms with van der Waals surface area (Å²) in [6.07, 6.45) is 7.57. The van der Waals surface area contributed by atoms with Crippen molar-refractivity contribution in [3.8, 4) is 5.75 Å². The number of nitrogens with one attached hydrogen (secondary N) is 1. The van der Waals surface area contributed by atoms with Gasteiger partial charge in [-0.2, -0.15) is 0 Å². The Bertz CT molecular complexity index is 1310. The molecule has 3 aromatic rings. The number of aryl methyl sites for hydroxylation is 1. The molecule has 0 aliphatic heterocycles. The van der Waals surface area contributed by atoms with Crippen LogP contribution in [0.1, 0.15) is 74.5 Å². The summed E-state index contributed by atoms with van der Waals surface area (Å²) in [6.45, 7) is 10.4. The van der Waals surface area contributed by atoms with Crippen molar-refractivity contribution in [3.05, 3.63) is 59.3 Å². The Morgan fingerprint density at radius 1 is 0.947 bits per heavy atom. The zero-order valence-corrected chi connectivity index (χ0v) is 24.4. The zero-order chi connectivity index (χ0) is 27.7. The first-order chi connectivity index (χ1) is 18.2. The van der Waals surface area contributed by atoms with Gasteiger partial charge in [0.1, 0.15) is 5.75 Å². The highest BCUT2D eigenvalue weighted by Crippen LogP contribution is 2.34. The van der Waals surface area contributed by atoms with Crippen molar-refractivity contribution in [2.75, 3.05) is 37.2 Å². The second-order valence-electron chi connectivity index (χ2n) is 9.91. The summed E-state index contributed by atoms with van der Waals surface area (Å²) >= 11 is 0. The van der Waals surface area contributed by atoms with Crippen LogP contribution >= 0.6 is 0 Å². The summed E-state index contributed by atoms with van der Waals surface area (Å²) in [7, 11) is -1.60. The molecule has 0 atom stereocenters. The lowest BCUT2D eigenvalue weighted by atomic mass is 9.98. The highest BCUT2D eigenvalue weighted by Gasteiger charge is 2.24. The Labute approximate surface area is 228 Å². The van der Waals surface area contributed by atoms with E-state index in [9.17, 15) is 13.2 Å². The molecule has 0 saturated carbocycles. The van der Waals surface area contributed by atoms with E-state index in [0.717, 1.165) is 49.3 Å². The van der Waals surface area contributed by atoms with Crippen LogP contribution in [0, 0.1) is 0 Å². The number of rotatable bonds is 16. The highest BCUT2D eigenvalue weighted by atomic mass is 32.2. The first-order valence-corrected chi connectivity index (χ1v) is 15.7. The SMILES string of the molecule is CCCCN(CCCC)CCCOc1ccc(C(=O)c2c(CC)n(C)c3cccc(NS(C)(=O)=O)c23)cc1. The van der Waals surface area contributed by atoms with Crippen molar-refractivity contribution in [3.63, 3.8) is 0 Å². The third kappa shape index (κ3) is 7.60. The van der Waals surface area contributed by atoms with Crippen LogP contribution in [0.15, 0.2) is 42.5 Å². The summed E-state index contributed by atoms with van der Waals surface area (Å²) in [4.78, 5) is 16.3. The summed E-state index contributed by atoms with van der Waals surface area (Å²) in [5.74, 6) is 0.604. The minimum atomic E-state index is -3.51. The topological polar surface area (TPSA) is 80.6 Å². The van der Waals surface area contributed by atoms with Gasteiger partial charge in [-0.3, -0.25) is 9.52 Å². The van der Waals surface area contributed by atoms with E-state index >= 15 is 0 Å². The number of aromatic nitrogens is 1. The number of hydrogen-bond acceptors (Lipinski definition) is 5. The molecule has 7 nitrogen and oxygen atoms in total. The van der Waals surface area contributed by atoms with Crippen molar-refractivity contribution in [1.29, 1.82) is 0 Å². The Balaban J connectivity index is 1.75. The summed E-state index contributed by atoms with van der Waals surface area (Å²) in [5, 5.41) is 0.623. The third-order valence-electron chi connectivity index (χ3n) is 6.86. The quantitative estimate of drug-likeness (QED) is 0.177. The third-order valence-corrected chi connectivity index (χ3v) is 7.45. The lowest BCUT2D eigenvalue weighted by Crippen LogP contribution is -2.28. The number of ether oxygens (including phenoxy) is 1. The molecule has 0 amide bonds. The van der Waals surface area contributed by atoms with E-state index < -0.39 is 10.0 Å². The van der Waals surface area contributed by atoms with Crippen molar-refractivity contribution in [1.82, 2.24) is 9.47 Å². The van der Waals surface area contributed by atoms with Crippen LogP contribution in [0.5, 0.6) is 5.75 Å². The number of sulfonamides is 1. The predicted octanol–water partition coefficient (Wildman–Crippen LogP) is 6.01. The molecule has 3 rings (SSSR count). The second-order valence-corrected chi connectivity index (χ2v) is 11.7. The van der Waals surface area contributed by atoms with Crippen LogP contribution in [0.4, 0.5) is 5.69 Å². The number of carbonyl (C=O) groups is 1. The van der Waals surface area contributed by atoms with E-state index in [0.29, 0.717) is 35.2 Å². The minimum absolute atomic E-state index is 0.135. The molecule has 38 heavy (non-hydrogen) atoms. The number of hydrogen-bond donors (Lipinski definition) is 1. The maximum absolute atomic E-state index is 13.8. The highest BCUT2D eigenvalue weighted by molar-refractivity contribution is 7.92. The van der Waals surface area contributed by atoms with Gasteiger partial charge in [0.05, 0.1) is 29.6 Å². The predicted molar refractivity (Wildman–Crippen MR) is 157 cm³/mol. The zero-order valence-electron chi connectivity index (χ0n) is 23.5. The van der Waals surface area contributed by atoms with E-state index in [4.69, 9.17) is 4.74 Å². The molecule has 2 aromatic carbocycles. The molecule has 1 aromatic heterocycles. The van der Waals surface area contributed by atoms with Gasteiger partial charge < -0.3 is 14.2 Å². The Morgan fingerprint density at radius 3 is 2.16 bits per heavy atom. The average Bonchev–Trinajstić information content (AvgIpc) is 3.19. The maximum atomic E-state index is 13.8. The normalized spacial score (nSPS) is 11.8. The van der Waals surface area contributed by atoms with Gasteiger partial charge in [-0.25, -0.2) is 8.42 Å². The first kappa shape index (κ1) is 29.7. The lowest BCUT2D eigenvalue weighted by Gasteiger charge is -2.21. The van der Waals surface area contributed by atoms with Gasteiger partial charge in [-0.05, 0) is 75.2 Å². The van der Waals surface area contributed by atoms with Gasteiger partial charge in [-0.1, -0.05) is 39.7 Å². The van der Waals surface area contributed by atoms with E-state index in [-0.39, 0.29) is 5.78 Å². The summed E-state index contributed by atoms with van der Waals surface area (Å²) in [6, 6.07) is 12.7. The molecule has 0 fully saturated rings. The molecule has 0 unspecified atom stereocenters. The number of benzene rings is 2. The van der Waals surface area contributed by atoms with Crippen molar-refractivity contribution < 1.29 is 17.9 Å². The van der Waals surface area contributed by atoms with Crippen LogP contribution in [0.3, 0.4) is 0 Å². The molecular weight excluding hydrogens is 498 g/mol. The smallest absolute Gasteiger partial charge is 0.229 e. The lowest BCUT2D eigenvalue weighted by molar-refractivity contribution is 0.103. The number of ketones is 1. The van der Waals surface area contributed by atoms with Gasteiger partial charge in [0, 0.05) is 30.2 Å². The number of fused-ring (bicyclic) bond motifs is 1. The van der Waals surface area contributed by atoms with Gasteiger partial charge in [0.2, 0.25) is 10.0 Å². The van der Waals surface area contributed by atoms with E-state index in [1.807, 2.05) is 36.7 Å². The van der Waals surface area contributed by atoms with Crippen LogP contribution in [0.2, 0.25) is 0 Å². The monoisotopic (exact) mass is 541 g/mol. The summed E-state index contributed by atoms with van der Waals surface area (Å²) < 4.78 is 34.6. The molecule has 1 N–H and O–H groups in total. The fourth-order valence-corrected chi connectivity index (χ4v) is 5.48. The van der Waals surface area contributed by atoms with Crippen molar-refractivity contribution in [2.24, 2.45) is 7.05 Å². The van der Waals surface area contributed by atoms with Gasteiger partial charge in [0.25, 0.3) is 0 Å². The number of unbranched alkanes of at least 4 members (excludes halogenated alkanes) is 2. The van der Waals surface area contributed by atoms with Gasteiger partial charge in [0.15, 0.2) is 5.78 Å². The van der Waals surface area contributed by atoms with Crippen LogP contribution < -0.4 is 9.46 Å². The Hall–Kier alpha value is -2.84. The molecule has 0 saturated heterocycles. The number of carbonyl (C=O) groups excluding carboxylic acids is 1. The van der Waals surface area contributed by atoms with Crippen LogP contribution in [-0.2, 0) is 23.5 Å². The maximum Gasteiger partial charge on any atom is 0.229 e. The fourth-order valence-electron chi connectivity index (χ4n) is 4.91.